The first-order valence-corrected chi connectivity index (χ1v) is 18.8. The van der Waals surface area contributed by atoms with Gasteiger partial charge in [-0.1, -0.05) is 41.5 Å². The highest BCUT2D eigenvalue weighted by atomic mass is 28.4. The molecular weight excluding hydrogens is 477 g/mol. The maximum atomic E-state index is 6.61. The molecule has 0 aliphatic carbocycles. The SMILES string of the molecule is CC(C)(C)[Si](C)(C)Oc1ccc2[nH]c3cc4c(cc3c2c1)[nH]c1ccc(O[Si](C)(C)C(C)(C)C)cc14. The van der Waals surface area contributed by atoms with Crippen LogP contribution in [-0.4, -0.2) is 26.6 Å². The minimum Gasteiger partial charge on any atom is -0.543 e. The van der Waals surface area contributed by atoms with E-state index in [9.17, 15) is 0 Å². The third-order valence-electron chi connectivity index (χ3n) is 8.62. The molecule has 2 N–H and O–H groups in total. The number of rotatable bonds is 4. The van der Waals surface area contributed by atoms with Crippen LogP contribution >= 0.6 is 0 Å². The maximum absolute atomic E-state index is 6.61. The highest BCUT2D eigenvalue weighted by molar-refractivity contribution is 6.75. The second kappa shape index (κ2) is 7.89. The zero-order valence-electron chi connectivity index (χ0n) is 23.4. The predicted octanol–water partition coefficient (Wildman–Crippen LogP) is 9.72. The van der Waals surface area contributed by atoms with Crippen LogP contribution in [0.2, 0.25) is 36.3 Å². The summed E-state index contributed by atoms with van der Waals surface area (Å²) in [5.41, 5.74) is 4.54. The lowest BCUT2D eigenvalue weighted by Gasteiger charge is -2.36. The molecule has 5 aromatic rings. The summed E-state index contributed by atoms with van der Waals surface area (Å²) in [6.45, 7) is 22.8. The Labute approximate surface area is 216 Å². The fourth-order valence-electron chi connectivity index (χ4n) is 4.28. The summed E-state index contributed by atoms with van der Waals surface area (Å²) < 4.78 is 13.2. The Morgan fingerprint density at radius 3 is 1.17 bits per heavy atom. The van der Waals surface area contributed by atoms with Crippen molar-refractivity contribution in [3.8, 4) is 11.5 Å². The molecule has 0 unspecified atom stereocenters. The summed E-state index contributed by atoms with van der Waals surface area (Å²) >= 11 is 0. The Morgan fingerprint density at radius 1 is 0.500 bits per heavy atom. The van der Waals surface area contributed by atoms with Crippen molar-refractivity contribution in [2.24, 2.45) is 0 Å². The summed E-state index contributed by atoms with van der Waals surface area (Å²) in [4.78, 5) is 7.27. The lowest BCUT2D eigenvalue weighted by atomic mass is 10.1. The third-order valence-corrected chi connectivity index (χ3v) is 17.3. The van der Waals surface area contributed by atoms with Gasteiger partial charge in [0.05, 0.1) is 0 Å². The normalized spacial score (nSPS) is 13.8. The van der Waals surface area contributed by atoms with Gasteiger partial charge in [-0.05, 0) is 84.8 Å². The van der Waals surface area contributed by atoms with Crippen molar-refractivity contribution in [1.29, 1.82) is 0 Å². The molecule has 0 atom stereocenters. The zero-order valence-corrected chi connectivity index (χ0v) is 25.4. The first-order chi connectivity index (χ1) is 16.6. The fourth-order valence-corrected chi connectivity index (χ4v) is 6.32. The summed E-state index contributed by atoms with van der Waals surface area (Å²) in [6.07, 6.45) is 0. The first-order valence-electron chi connectivity index (χ1n) is 12.9. The molecule has 0 amide bonds. The van der Waals surface area contributed by atoms with E-state index in [-0.39, 0.29) is 10.1 Å². The molecule has 0 aliphatic heterocycles. The van der Waals surface area contributed by atoms with Gasteiger partial charge < -0.3 is 18.8 Å². The highest BCUT2D eigenvalue weighted by Crippen LogP contribution is 2.41. The Hall–Kier alpha value is -2.71. The van der Waals surface area contributed by atoms with E-state index < -0.39 is 16.6 Å². The minimum absolute atomic E-state index is 0.159. The van der Waals surface area contributed by atoms with Crippen molar-refractivity contribution in [2.75, 3.05) is 0 Å². The van der Waals surface area contributed by atoms with Crippen LogP contribution in [0.5, 0.6) is 11.5 Å². The highest BCUT2D eigenvalue weighted by Gasteiger charge is 2.40. The lowest BCUT2D eigenvalue weighted by Crippen LogP contribution is -2.43. The van der Waals surface area contributed by atoms with Gasteiger partial charge in [-0.25, -0.2) is 0 Å². The Morgan fingerprint density at radius 2 is 0.833 bits per heavy atom. The van der Waals surface area contributed by atoms with Crippen LogP contribution < -0.4 is 8.85 Å². The summed E-state index contributed by atoms with van der Waals surface area (Å²) in [6, 6.07) is 17.4. The third kappa shape index (κ3) is 4.14. The van der Waals surface area contributed by atoms with E-state index in [1.807, 2.05) is 0 Å². The average Bonchev–Trinajstić information content (AvgIpc) is 3.27. The largest absolute Gasteiger partial charge is 0.543 e. The van der Waals surface area contributed by atoms with Crippen molar-refractivity contribution < 1.29 is 8.85 Å². The summed E-state index contributed by atoms with van der Waals surface area (Å²) in [5, 5.41) is 5.13. The van der Waals surface area contributed by atoms with Gasteiger partial charge in [0.2, 0.25) is 16.6 Å². The zero-order chi connectivity index (χ0) is 26.3. The van der Waals surface area contributed by atoms with Gasteiger partial charge in [0.25, 0.3) is 0 Å². The Bertz CT molecular complexity index is 1490. The van der Waals surface area contributed by atoms with E-state index in [0.29, 0.717) is 0 Å². The van der Waals surface area contributed by atoms with E-state index in [1.165, 1.54) is 21.5 Å². The summed E-state index contributed by atoms with van der Waals surface area (Å²) in [5.74, 6) is 1.92. The average molecular weight is 517 g/mol. The van der Waals surface area contributed by atoms with Crippen LogP contribution in [0.3, 0.4) is 0 Å². The summed E-state index contributed by atoms with van der Waals surface area (Å²) in [7, 11) is -3.81. The van der Waals surface area contributed by atoms with E-state index >= 15 is 0 Å². The molecule has 3 aromatic carbocycles. The molecule has 0 fully saturated rings. The molecular formula is C30H40N2O2Si2. The van der Waals surface area contributed by atoms with Gasteiger partial charge >= 0.3 is 0 Å². The molecule has 0 aliphatic rings. The molecule has 190 valence electrons. The van der Waals surface area contributed by atoms with Gasteiger partial charge in [0.15, 0.2) is 0 Å². The smallest absolute Gasteiger partial charge is 0.250 e. The van der Waals surface area contributed by atoms with Crippen LogP contribution in [0, 0.1) is 0 Å². The fraction of sp³-hybridized carbons (Fsp3) is 0.400. The van der Waals surface area contributed by atoms with Gasteiger partial charge in [-0.3, -0.25) is 0 Å². The van der Waals surface area contributed by atoms with Gasteiger partial charge in [-0.2, -0.15) is 0 Å². The van der Waals surface area contributed by atoms with Crippen LogP contribution in [0.15, 0.2) is 48.5 Å². The molecule has 0 radical (unpaired) electrons. The Balaban J connectivity index is 1.60. The van der Waals surface area contributed by atoms with Gasteiger partial charge in [-0.15, -0.1) is 0 Å². The van der Waals surface area contributed by atoms with Gasteiger partial charge in [0, 0.05) is 43.6 Å². The number of H-pyrrole nitrogens is 2. The number of aromatic amines is 2. The molecule has 0 saturated heterocycles. The molecule has 36 heavy (non-hydrogen) atoms. The molecule has 5 rings (SSSR count). The second-order valence-corrected chi connectivity index (χ2v) is 22.8. The van der Waals surface area contributed by atoms with E-state index in [2.05, 4.69) is 126 Å². The van der Waals surface area contributed by atoms with Crippen LogP contribution in [0.4, 0.5) is 0 Å². The number of fused-ring (bicyclic) bond motifs is 6. The van der Waals surface area contributed by atoms with Gasteiger partial charge in [0.1, 0.15) is 11.5 Å². The monoisotopic (exact) mass is 516 g/mol. The molecule has 2 heterocycles. The first kappa shape index (κ1) is 25.0. The van der Waals surface area contributed by atoms with E-state index in [4.69, 9.17) is 8.85 Å². The quantitative estimate of drug-likeness (QED) is 0.234. The Kier molecular flexibility index (Phi) is 5.47. The minimum atomic E-state index is -1.91. The molecule has 0 saturated carbocycles. The van der Waals surface area contributed by atoms with Crippen molar-refractivity contribution in [1.82, 2.24) is 9.97 Å². The maximum Gasteiger partial charge on any atom is 0.250 e. The van der Waals surface area contributed by atoms with Crippen LogP contribution in [-0.2, 0) is 0 Å². The van der Waals surface area contributed by atoms with E-state index in [1.54, 1.807) is 0 Å². The standard InChI is InChI=1S/C30H40N2O2Si2/c1-29(2,3)35(7,8)33-19-11-13-25-21(15-19)23-17-28-24(18-27(23)31-25)22-16-20(12-14-26(22)32-28)34-36(9,10)30(4,5)6/h11-18,31-32H,1-10H3. The number of hydrogen-bond donors (Lipinski definition) is 2. The lowest BCUT2D eigenvalue weighted by molar-refractivity contribution is 0.492. The van der Waals surface area contributed by atoms with Crippen molar-refractivity contribution in [2.45, 2.75) is 77.8 Å². The van der Waals surface area contributed by atoms with E-state index in [0.717, 1.165) is 33.6 Å². The predicted molar refractivity (Wildman–Crippen MR) is 161 cm³/mol. The molecule has 2 aromatic heterocycles. The van der Waals surface area contributed by atoms with Crippen molar-refractivity contribution in [3.05, 3.63) is 48.5 Å². The number of aromatic nitrogens is 2. The number of hydrogen-bond acceptors (Lipinski definition) is 2. The van der Waals surface area contributed by atoms with Crippen molar-refractivity contribution >= 4 is 60.2 Å². The number of benzene rings is 3. The molecule has 6 heteroatoms. The van der Waals surface area contributed by atoms with Crippen molar-refractivity contribution in [3.63, 3.8) is 0 Å². The molecule has 4 nitrogen and oxygen atoms in total. The topological polar surface area (TPSA) is 50.0 Å². The molecule has 0 bridgehead atoms. The van der Waals surface area contributed by atoms with Crippen LogP contribution in [0.25, 0.3) is 43.6 Å². The van der Waals surface area contributed by atoms with Crippen LogP contribution in [0.1, 0.15) is 41.5 Å². The number of nitrogens with one attached hydrogen (secondary N) is 2. The second-order valence-electron chi connectivity index (χ2n) is 13.3. The molecule has 0 spiro atoms.